The minimum Gasteiger partial charge on any atom is -0.449 e. The van der Waals surface area contributed by atoms with Crippen molar-refractivity contribution in [2.45, 2.75) is 0 Å². The zero-order valence-corrected chi connectivity index (χ0v) is 16.4. The maximum Gasteiger partial charge on any atom is 0.254 e. The number of thiophene rings is 1. The van der Waals surface area contributed by atoms with Crippen LogP contribution in [-0.2, 0) is 0 Å². The maximum atomic E-state index is 13.3. The first-order valence-electron chi connectivity index (χ1n) is 9.48. The summed E-state index contributed by atoms with van der Waals surface area (Å²) in [5.74, 6) is 0.720. The van der Waals surface area contributed by atoms with E-state index in [-0.39, 0.29) is 11.7 Å². The van der Waals surface area contributed by atoms with Crippen molar-refractivity contribution in [1.29, 1.82) is 0 Å². The quantitative estimate of drug-likeness (QED) is 0.521. The molecule has 1 aromatic carbocycles. The first kappa shape index (κ1) is 17.8. The molecule has 6 nitrogen and oxygen atoms in total. The SMILES string of the molecule is O=C(c1cccs1)c1c[nH]c2cccc(C(=O)N3CCN(c4ccco4)CC3)c12. The van der Waals surface area contributed by atoms with E-state index in [1.807, 2.05) is 52.7 Å². The van der Waals surface area contributed by atoms with E-state index < -0.39 is 0 Å². The van der Waals surface area contributed by atoms with Gasteiger partial charge in [-0.3, -0.25) is 9.59 Å². The van der Waals surface area contributed by atoms with Crippen molar-refractivity contribution in [2.24, 2.45) is 0 Å². The Morgan fingerprint density at radius 1 is 0.966 bits per heavy atom. The lowest BCUT2D eigenvalue weighted by molar-refractivity contribution is 0.0747. The van der Waals surface area contributed by atoms with E-state index in [1.165, 1.54) is 11.3 Å². The Balaban J connectivity index is 1.44. The first-order valence-corrected chi connectivity index (χ1v) is 10.4. The number of nitrogens with one attached hydrogen (secondary N) is 1. The minimum atomic E-state index is -0.0610. The molecule has 0 spiro atoms. The average molecular weight is 405 g/mol. The molecular weight excluding hydrogens is 386 g/mol. The Bertz CT molecular complexity index is 1150. The topological polar surface area (TPSA) is 69.6 Å². The number of benzene rings is 1. The number of carbonyl (C=O) groups excluding carboxylic acids is 2. The fourth-order valence-corrected chi connectivity index (χ4v) is 4.51. The number of aromatic nitrogens is 1. The van der Waals surface area contributed by atoms with Gasteiger partial charge in [0, 0.05) is 60.5 Å². The number of furan rings is 1. The van der Waals surface area contributed by atoms with Crippen molar-refractivity contribution < 1.29 is 14.0 Å². The molecule has 0 atom stereocenters. The third kappa shape index (κ3) is 3.13. The molecule has 0 aliphatic carbocycles. The molecule has 5 rings (SSSR count). The number of piperazine rings is 1. The van der Waals surface area contributed by atoms with E-state index in [0.717, 1.165) is 11.4 Å². The van der Waals surface area contributed by atoms with Gasteiger partial charge < -0.3 is 19.2 Å². The number of nitrogens with zero attached hydrogens (tertiary/aromatic N) is 2. The van der Waals surface area contributed by atoms with Gasteiger partial charge in [0.05, 0.1) is 11.1 Å². The molecule has 0 unspecified atom stereocenters. The van der Waals surface area contributed by atoms with Gasteiger partial charge in [0.1, 0.15) is 0 Å². The summed E-state index contributed by atoms with van der Waals surface area (Å²) in [6, 6.07) is 13.0. The molecule has 1 fully saturated rings. The van der Waals surface area contributed by atoms with Crippen LogP contribution in [-0.4, -0.2) is 47.8 Å². The monoisotopic (exact) mass is 405 g/mol. The summed E-state index contributed by atoms with van der Waals surface area (Å²) in [5.41, 5.74) is 1.90. The van der Waals surface area contributed by atoms with Crippen molar-refractivity contribution in [2.75, 3.05) is 31.1 Å². The smallest absolute Gasteiger partial charge is 0.254 e. The second kappa shape index (κ2) is 7.25. The molecule has 4 heterocycles. The number of carbonyl (C=O) groups is 2. The zero-order valence-electron chi connectivity index (χ0n) is 15.6. The summed E-state index contributed by atoms with van der Waals surface area (Å²) in [4.78, 5) is 34.1. The number of hydrogen-bond donors (Lipinski definition) is 1. The molecule has 7 heteroatoms. The van der Waals surface area contributed by atoms with Crippen LogP contribution in [0, 0.1) is 0 Å². The van der Waals surface area contributed by atoms with Crippen molar-refractivity contribution >= 4 is 39.8 Å². The van der Waals surface area contributed by atoms with Crippen LogP contribution in [0.1, 0.15) is 25.6 Å². The lowest BCUT2D eigenvalue weighted by atomic mass is 10.0. The van der Waals surface area contributed by atoms with Gasteiger partial charge in [-0.05, 0) is 29.6 Å². The summed E-state index contributed by atoms with van der Waals surface area (Å²) in [7, 11) is 0. The predicted octanol–water partition coefficient (Wildman–Crippen LogP) is 4.02. The first-order chi connectivity index (χ1) is 14.2. The van der Waals surface area contributed by atoms with Crippen LogP contribution >= 0.6 is 11.3 Å². The van der Waals surface area contributed by atoms with Crippen LogP contribution in [0.2, 0.25) is 0 Å². The zero-order chi connectivity index (χ0) is 19.8. The molecule has 0 saturated carbocycles. The Hall–Kier alpha value is -3.32. The molecular formula is C22H19N3O3S. The molecule has 4 aromatic rings. The number of H-pyrrole nitrogens is 1. The highest BCUT2D eigenvalue weighted by molar-refractivity contribution is 7.12. The fraction of sp³-hybridized carbons (Fsp3) is 0.182. The molecule has 1 amide bonds. The van der Waals surface area contributed by atoms with E-state index in [2.05, 4.69) is 9.88 Å². The number of fused-ring (bicyclic) bond motifs is 1. The van der Waals surface area contributed by atoms with Gasteiger partial charge in [0.25, 0.3) is 5.91 Å². The fourth-order valence-electron chi connectivity index (χ4n) is 3.83. The van der Waals surface area contributed by atoms with Crippen LogP contribution < -0.4 is 4.90 Å². The summed E-state index contributed by atoms with van der Waals surface area (Å²) in [5, 5.41) is 2.58. The highest BCUT2D eigenvalue weighted by atomic mass is 32.1. The maximum absolute atomic E-state index is 13.3. The molecule has 29 heavy (non-hydrogen) atoms. The summed E-state index contributed by atoms with van der Waals surface area (Å²) in [6.45, 7) is 2.63. The van der Waals surface area contributed by atoms with Gasteiger partial charge in [-0.15, -0.1) is 11.3 Å². The number of ketones is 1. The standard InChI is InChI=1S/C22H19N3O3S/c26-21(18-6-3-13-29-18)16-14-23-17-5-1-4-15(20(16)17)22(27)25-10-8-24(9-11-25)19-7-2-12-28-19/h1-7,12-14,23H,8-11H2. The largest absolute Gasteiger partial charge is 0.449 e. The molecule has 0 bridgehead atoms. The molecule has 146 valence electrons. The number of amides is 1. The van der Waals surface area contributed by atoms with Crippen LogP contribution in [0.15, 0.2) is 64.7 Å². The van der Waals surface area contributed by atoms with Gasteiger partial charge in [0.15, 0.2) is 5.88 Å². The number of hydrogen-bond acceptors (Lipinski definition) is 5. The highest BCUT2D eigenvalue weighted by Crippen LogP contribution is 2.28. The van der Waals surface area contributed by atoms with Gasteiger partial charge in [-0.1, -0.05) is 12.1 Å². The Morgan fingerprint density at radius 2 is 1.83 bits per heavy atom. The van der Waals surface area contributed by atoms with E-state index in [0.29, 0.717) is 47.6 Å². The second-order valence-corrected chi connectivity index (χ2v) is 7.92. The van der Waals surface area contributed by atoms with Gasteiger partial charge in [0.2, 0.25) is 5.78 Å². The Morgan fingerprint density at radius 3 is 2.55 bits per heavy atom. The van der Waals surface area contributed by atoms with Crippen LogP contribution in [0.4, 0.5) is 5.88 Å². The minimum absolute atomic E-state index is 0.0467. The average Bonchev–Trinajstić information content (AvgIpc) is 3.54. The van der Waals surface area contributed by atoms with Crippen molar-refractivity contribution in [3.63, 3.8) is 0 Å². The number of rotatable bonds is 4. The van der Waals surface area contributed by atoms with Crippen molar-refractivity contribution in [3.8, 4) is 0 Å². The molecule has 0 radical (unpaired) electrons. The van der Waals surface area contributed by atoms with Crippen LogP contribution in [0.25, 0.3) is 10.9 Å². The normalized spacial score (nSPS) is 14.5. The lowest BCUT2D eigenvalue weighted by Gasteiger charge is -2.34. The van der Waals surface area contributed by atoms with Crippen LogP contribution in [0.3, 0.4) is 0 Å². The third-order valence-corrected chi connectivity index (χ3v) is 6.18. The Kier molecular flexibility index (Phi) is 4.44. The van der Waals surface area contributed by atoms with Gasteiger partial charge in [-0.2, -0.15) is 0 Å². The Labute approximate surface area is 171 Å². The number of anilines is 1. The third-order valence-electron chi connectivity index (χ3n) is 5.31. The van der Waals surface area contributed by atoms with E-state index in [4.69, 9.17) is 4.42 Å². The molecule has 1 N–H and O–H groups in total. The summed E-state index contributed by atoms with van der Waals surface area (Å²) in [6.07, 6.45) is 3.37. The van der Waals surface area contributed by atoms with E-state index in [1.54, 1.807) is 12.5 Å². The van der Waals surface area contributed by atoms with Crippen molar-refractivity contribution in [3.05, 3.63) is 76.3 Å². The molecule has 1 saturated heterocycles. The molecule has 3 aromatic heterocycles. The predicted molar refractivity (Wildman–Crippen MR) is 113 cm³/mol. The van der Waals surface area contributed by atoms with E-state index in [9.17, 15) is 9.59 Å². The number of aromatic amines is 1. The van der Waals surface area contributed by atoms with Crippen LogP contribution in [0.5, 0.6) is 0 Å². The lowest BCUT2D eigenvalue weighted by Crippen LogP contribution is -2.48. The molecule has 1 aliphatic heterocycles. The van der Waals surface area contributed by atoms with Gasteiger partial charge >= 0.3 is 0 Å². The second-order valence-electron chi connectivity index (χ2n) is 6.97. The van der Waals surface area contributed by atoms with E-state index >= 15 is 0 Å². The summed E-state index contributed by atoms with van der Waals surface area (Å²) < 4.78 is 5.46. The van der Waals surface area contributed by atoms with Gasteiger partial charge in [-0.25, -0.2) is 0 Å². The molecule has 1 aliphatic rings. The highest BCUT2D eigenvalue weighted by Gasteiger charge is 2.26. The summed E-state index contributed by atoms with van der Waals surface area (Å²) >= 11 is 1.41. The van der Waals surface area contributed by atoms with Crippen molar-refractivity contribution in [1.82, 2.24) is 9.88 Å².